The Hall–Kier alpha value is 0.260. The number of hydrogen-bond acceptors (Lipinski definition) is 3. The molecule has 0 aliphatic rings. The van der Waals surface area contributed by atoms with Gasteiger partial charge in [0, 0.05) is 0 Å². The van der Waals surface area contributed by atoms with Crippen molar-refractivity contribution in [1.29, 1.82) is 0 Å². The van der Waals surface area contributed by atoms with Crippen molar-refractivity contribution in [2.75, 3.05) is 20.3 Å². The lowest BCUT2D eigenvalue weighted by Crippen LogP contribution is -2.02. The minimum Gasteiger partial charge on any atom is -0.305 e. The molecule has 0 aliphatic heterocycles. The van der Waals surface area contributed by atoms with E-state index in [9.17, 15) is 0 Å². The molecule has 0 rings (SSSR count). The Bertz CT molecular complexity index is 109. The van der Waals surface area contributed by atoms with Crippen molar-refractivity contribution in [2.24, 2.45) is 0 Å². The molecule has 0 spiro atoms. The summed E-state index contributed by atoms with van der Waals surface area (Å²) in [6.07, 6.45) is 0. The summed E-state index contributed by atoms with van der Waals surface area (Å²) in [5, 5.41) is 0. The van der Waals surface area contributed by atoms with Crippen molar-refractivity contribution >= 4 is 20.8 Å². The maximum atomic E-state index is 4.66. The van der Waals surface area contributed by atoms with Gasteiger partial charge in [-0.25, -0.2) is 4.72 Å². The summed E-state index contributed by atoms with van der Waals surface area (Å²) in [6.45, 7) is 2.75. The van der Waals surface area contributed by atoms with Crippen LogP contribution in [0.1, 0.15) is 0 Å². The number of rotatable bonds is 3. The lowest BCUT2D eigenvalue weighted by Gasteiger charge is -1.91. The fourth-order valence-corrected chi connectivity index (χ4v) is 0.771. The van der Waals surface area contributed by atoms with Crippen molar-refractivity contribution in [3.05, 3.63) is 0 Å². The summed E-state index contributed by atoms with van der Waals surface area (Å²) in [4.78, 5) is 0. The third-order valence-corrected chi connectivity index (χ3v) is 1.37. The maximum absolute atomic E-state index is 4.66. The van der Waals surface area contributed by atoms with Crippen LogP contribution >= 0.6 is 20.8 Å². The standard InChI is InChI=1S/C5H10NOPS/c1-7-9-6-4-3-5-8-2/h6,8H,4H2,1-2H3. The van der Waals surface area contributed by atoms with Crippen LogP contribution in [0.3, 0.4) is 0 Å². The van der Waals surface area contributed by atoms with Gasteiger partial charge >= 0.3 is 0 Å². The highest BCUT2D eigenvalue weighted by Gasteiger charge is 1.76. The average molecular weight is 163 g/mol. The van der Waals surface area contributed by atoms with Crippen LogP contribution in [0, 0.1) is 11.6 Å². The van der Waals surface area contributed by atoms with E-state index >= 15 is 0 Å². The molecular formula is C5H10NOPS. The quantitative estimate of drug-likeness (QED) is 0.221. The van der Waals surface area contributed by atoms with Crippen LogP contribution in [0.5, 0.6) is 0 Å². The molecule has 0 aromatic rings. The summed E-state index contributed by atoms with van der Waals surface area (Å²) in [7, 11) is 2.34. The Morgan fingerprint density at radius 3 is 3.11 bits per heavy atom. The van der Waals surface area contributed by atoms with Crippen LogP contribution in [-0.4, -0.2) is 20.3 Å². The molecule has 1 N–H and O–H groups in total. The molecule has 0 heterocycles. The molecule has 0 radical (unpaired) electrons. The van der Waals surface area contributed by atoms with E-state index in [1.807, 2.05) is 0 Å². The summed E-state index contributed by atoms with van der Waals surface area (Å²) in [5.41, 5.74) is 2.95. The van der Waals surface area contributed by atoms with Gasteiger partial charge in [0.1, 0.15) is 0 Å². The second kappa shape index (κ2) is 8.26. The van der Waals surface area contributed by atoms with Gasteiger partial charge in [-0.2, -0.15) is 0 Å². The number of nitrogens with one attached hydrogen (secondary N) is 1. The molecule has 0 saturated carbocycles. The average Bonchev–Trinajstić information content (AvgIpc) is 1.89. The zero-order valence-electron chi connectivity index (χ0n) is 5.52. The maximum Gasteiger partial charge on any atom is 0.0795 e. The van der Waals surface area contributed by atoms with Crippen LogP contribution in [0.25, 0.3) is 0 Å². The van der Waals surface area contributed by atoms with Crippen LogP contribution in [0.2, 0.25) is 0 Å². The molecule has 0 aromatic heterocycles. The van der Waals surface area contributed by atoms with E-state index in [4.69, 9.17) is 0 Å². The van der Waals surface area contributed by atoms with Gasteiger partial charge in [0.05, 0.1) is 25.9 Å². The molecule has 0 saturated heterocycles. The van der Waals surface area contributed by atoms with Crippen molar-refractivity contribution in [1.82, 2.24) is 4.72 Å². The monoisotopic (exact) mass is 163 g/mol. The Morgan fingerprint density at radius 2 is 2.56 bits per heavy atom. The van der Waals surface area contributed by atoms with E-state index in [0.29, 0.717) is 6.54 Å². The van der Waals surface area contributed by atoms with Gasteiger partial charge in [-0.15, -0.1) is 0 Å². The van der Waals surface area contributed by atoms with Crippen LogP contribution in [-0.2, 0) is 4.18 Å². The molecule has 0 bridgehead atoms. The third-order valence-electron chi connectivity index (χ3n) is 0.516. The van der Waals surface area contributed by atoms with Gasteiger partial charge in [0.25, 0.3) is 0 Å². The van der Waals surface area contributed by atoms with E-state index in [-0.39, 0.29) is 0 Å². The van der Waals surface area contributed by atoms with Gasteiger partial charge in [0.2, 0.25) is 0 Å². The second-order valence-electron chi connectivity index (χ2n) is 1.12. The summed E-state index contributed by atoms with van der Waals surface area (Å²) in [6, 6.07) is 0. The van der Waals surface area contributed by atoms with E-state index < -0.39 is 0 Å². The van der Waals surface area contributed by atoms with Crippen molar-refractivity contribution in [2.45, 2.75) is 0 Å². The zero-order chi connectivity index (χ0) is 6.95. The predicted molar refractivity (Wildman–Crippen MR) is 44.6 cm³/mol. The molecule has 4 heteroatoms. The fraction of sp³-hybridized carbons (Fsp3) is 0.600. The molecule has 2 nitrogen and oxygen atoms in total. The summed E-state index contributed by atoms with van der Waals surface area (Å²) >= 11 is 1.21. The highest BCUT2D eigenvalue weighted by molar-refractivity contribution is 7.92. The summed E-state index contributed by atoms with van der Waals surface area (Å²) in [5.74, 6) is 2.92. The Balaban J connectivity index is 2.90. The van der Waals surface area contributed by atoms with Gasteiger partial charge in [-0.1, -0.05) is 11.6 Å². The highest BCUT2D eigenvalue weighted by atomic mass is 32.2. The molecule has 0 fully saturated rings. The first kappa shape index (κ1) is 9.26. The van der Waals surface area contributed by atoms with E-state index in [0.717, 1.165) is 8.58 Å². The van der Waals surface area contributed by atoms with Crippen molar-refractivity contribution in [3.63, 3.8) is 0 Å². The molecule has 0 amide bonds. The van der Waals surface area contributed by atoms with Crippen LogP contribution in [0.4, 0.5) is 0 Å². The smallest absolute Gasteiger partial charge is 0.0795 e. The van der Waals surface area contributed by atoms with Gasteiger partial charge < -0.3 is 4.18 Å². The summed E-state index contributed by atoms with van der Waals surface area (Å²) < 4.78 is 7.56. The highest BCUT2D eigenvalue weighted by Crippen LogP contribution is 1.94. The first-order valence-electron chi connectivity index (χ1n) is 2.49. The Kier molecular flexibility index (Phi) is 8.50. The molecule has 1 atom stereocenters. The SMILES string of the molecule is COSNCC#CPC. The Morgan fingerprint density at radius 1 is 1.78 bits per heavy atom. The number of hydrogen-bond donors (Lipinski definition) is 1. The topological polar surface area (TPSA) is 21.3 Å². The molecule has 52 valence electrons. The van der Waals surface area contributed by atoms with Crippen molar-refractivity contribution in [3.8, 4) is 11.6 Å². The third kappa shape index (κ3) is 8.26. The van der Waals surface area contributed by atoms with E-state index in [2.05, 4.69) is 27.2 Å². The van der Waals surface area contributed by atoms with Crippen LogP contribution in [0.15, 0.2) is 0 Å². The second-order valence-corrected chi connectivity index (χ2v) is 2.66. The predicted octanol–water partition coefficient (Wildman–Crippen LogP) is 1.05. The molecule has 1 unspecified atom stereocenters. The van der Waals surface area contributed by atoms with Gasteiger partial charge in [-0.05, 0) is 15.2 Å². The Labute approximate surface area is 62.2 Å². The van der Waals surface area contributed by atoms with Gasteiger partial charge in [-0.3, -0.25) is 0 Å². The van der Waals surface area contributed by atoms with Gasteiger partial charge in [0.15, 0.2) is 0 Å². The molecule has 9 heavy (non-hydrogen) atoms. The van der Waals surface area contributed by atoms with Crippen LogP contribution < -0.4 is 4.72 Å². The lowest BCUT2D eigenvalue weighted by atomic mass is 10.7. The van der Waals surface area contributed by atoms with E-state index in [1.165, 1.54) is 12.2 Å². The zero-order valence-corrected chi connectivity index (χ0v) is 7.34. The minimum atomic E-state index is 0.694. The first-order chi connectivity index (χ1) is 4.41. The molecule has 0 aromatic carbocycles. The van der Waals surface area contributed by atoms with Crippen molar-refractivity contribution < 1.29 is 4.18 Å². The first-order valence-corrected chi connectivity index (χ1v) is 4.73. The largest absolute Gasteiger partial charge is 0.305 e. The normalized spacial score (nSPS) is 9.56. The lowest BCUT2D eigenvalue weighted by molar-refractivity contribution is 0.485. The van der Waals surface area contributed by atoms with E-state index in [1.54, 1.807) is 7.11 Å². The molecule has 0 aliphatic carbocycles. The minimum absolute atomic E-state index is 0.694. The molecular weight excluding hydrogens is 153 g/mol. The fourth-order valence-electron chi connectivity index (χ4n) is 0.257.